The van der Waals surface area contributed by atoms with Crippen LogP contribution in [-0.4, -0.2) is 16.9 Å². The Morgan fingerprint density at radius 1 is 1.42 bits per heavy atom. The zero-order valence-corrected chi connectivity index (χ0v) is 12.0. The van der Waals surface area contributed by atoms with Crippen LogP contribution in [0, 0.1) is 17.8 Å². The summed E-state index contributed by atoms with van der Waals surface area (Å²) >= 11 is 0. The van der Waals surface area contributed by atoms with Crippen molar-refractivity contribution in [2.45, 2.75) is 45.2 Å². The first-order valence-electron chi connectivity index (χ1n) is 7.26. The molecule has 0 spiro atoms. The third kappa shape index (κ3) is 1.96. The Bertz CT molecular complexity index is 446. The lowest BCUT2D eigenvalue weighted by Gasteiger charge is -2.22. The summed E-state index contributed by atoms with van der Waals surface area (Å²) < 4.78 is 7.52. The summed E-state index contributed by atoms with van der Waals surface area (Å²) in [7, 11) is 1.70. The van der Waals surface area contributed by atoms with Crippen LogP contribution in [-0.2, 0) is 0 Å². The van der Waals surface area contributed by atoms with Gasteiger partial charge in [0.2, 0.25) is 0 Å². The molecule has 5 nitrogen and oxygen atoms in total. The molecule has 1 heterocycles. The summed E-state index contributed by atoms with van der Waals surface area (Å²) in [6.07, 6.45) is 5.89. The lowest BCUT2D eigenvalue weighted by molar-refractivity contribution is 0.352. The van der Waals surface area contributed by atoms with E-state index in [1.54, 1.807) is 13.3 Å². The molecule has 0 aliphatic heterocycles. The van der Waals surface area contributed by atoms with Gasteiger partial charge in [0.15, 0.2) is 5.75 Å². The number of nitrogens with one attached hydrogen (secondary N) is 1. The molecule has 0 saturated heterocycles. The molecule has 2 saturated carbocycles. The molecule has 19 heavy (non-hydrogen) atoms. The monoisotopic (exact) mass is 264 g/mol. The highest BCUT2D eigenvalue weighted by Crippen LogP contribution is 2.62. The molecule has 3 rings (SSSR count). The van der Waals surface area contributed by atoms with Crippen molar-refractivity contribution in [1.29, 1.82) is 0 Å². The van der Waals surface area contributed by atoms with Crippen molar-refractivity contribution < 1.29 is 4.74 Å². The first-order valence-corrected chi connectivity index (χ1v) is 7.26. The average molecular weight is 264 g/mol. The minimum atomic E-state index is 0.162. The van der Waals surface area contributed by atoms with Gasteiger partial charge in [-0.15, -0.1) is 0 Å². The molecular weight excluding hydrogens is 240 g/mol. The summed E-state index contributed by atoms with van der Waals surface area (Å²) in [5.41, 5.74) is 4.13. The van der Waals surface area contributed by atoms with E-state index < -0.39 is 0 Å². The number of hydrazine groups is 1. The zero-order valence-electron chi connectivity index (χ0n) is 12.0. The van der Waals surface area contributed by atoms with Crippen LogP contribution in [0.5, 0.6) is 5.75 Å². The largest absolute Gasteiger partial charge is 0.493 e. The lowest BCUT2D eigenvalue weighted by Crippen LogP contribution is -2.33. The second-order valence-corrected chi connectivity index (χ2v) is 6.12. The Morgan fingerprint density at radius 3 is 2.63 bits per heavy atom. The summed E-state index contributed by atoms with van der Waals surface area (Å²) in [5, 5.41) is 4.46. The van der Waals surface area contributed by atoms with Crippen LogP contribution in [0.15, 0.2) is 6.20 Å². The number of fused-ring (bicyclic) bond motifs is 1. The first-order chi connectivity index (χ1) is 9.19. The van der Waals surface area contributed by atoms with E-state index in [1.165, 1.54) is 19.3 Å². The van der Waals surface area contributed by atoms with Gasteiger partial charge in [-0.25, -0.2) is 0 Å². The number of nitrogens with two attached hydrogens (primary N) is 1. The first kappa shape index (κ1) is 12.9. The fraction of sp³-hybridized carbons (Fsp3) is 0.786. The van der Waals surface area contributed by atoms with Gasteiger partial charge in [-0.1, -0.05) is 6.42 Å². The molecule has 2 aliphatic rings. The minimum absolute atomic E-state index is 0.162. The van der Waals surface area contributed by atoms with E-state index in [2.05, 4.69) is 24.4 Å². The minimum Gasteiger partial charge on any atom is -0.493 e. The maximum absolute atomic E-state index is 5.85. The molecule has 2 aliphatic carbocycles. The number of aromatic nitrogens is 2. The van der Waals surface area contributed by atoms with Gasteiger partial charge in [0, 0.05) is 6.04 Å². The Balaban J connectivity index is 1.92. The van der Waals surface area contributed by atoms with Gasteiger partial charge in [0.25, 0.3) is 0 Å². The lowest BCUT2D eigenvalue weighted by atomic mass is 10.0. The summed E-state index contributed by atoms with van der Waals surface area (Å²) in [6.45, 7) is 4.27. The van der Waals surface area contributed by atoms with Crippen molar-refractivity contribution in [3.05, 3.63) is 11.9 Å². The van der Waals surface area contributed by atoms with E-state index in [1.807, 2.05) is 4.68 Å². The number of methoxy groups -OCH3 is 1. The zero-order chi connectivity index (χ0) is 13.6. The van der Waals surface area contributed by atoms with Crippen molar-refractivity contribution in [1.82, 2.24) is 15.2 Å². The normalized spacial score (nSPS) is 30.5. The van der Waals surface area contributed by atoms with Crippen molar-refractivity contribution in [3.63, 3.8) is 0 Å². The molecular formula is C14H24N4O. The molecule has 1 aromatic rings. The topological polar surface area (TPSA) is 65.1 Å². The average Bonchev–Trinajstić information content (AvgIpc) is 2.82. The molecule has 0 radical (unpaired) electrons. The van der Waals surface area contributed by atoms with E-state index >= 15 is 0 Å². The Morgan fingerprint density at radius 2 is 2.11 bits per heavy atom. The molecule has 3 unspecified atom stereocenters. The quantitative estimate of drug-likeness (QED) is 0.631. The molecule has 1 aromatic heterocycles. The molecule has 0 bridgehead atoms. The number of nitrogens with zero attached hydrogens (tertiary/aromatic N) is 2. The highest BCUT2D eigenvalue weighted by molar-refractivity contribution is 5.31. The van der Waals surface area contributed by atoms with E-state index in [0.717, 1.165) is 23.3 Å². The van der Waals surface area contributed by atoms with E-state index in [-0.39, 0.29) is 6.04 Å². The van der Waals surface area contributed by atoms with Crippen molar-refractivity contribution in [2.24, 2.45) is 23.6 Å². The van der Waals surface area contributed by atoms with Gasteiger partial charge in [0.1, 0.15) is 0 Å². The fourth-order valence-electron chi connectivity index (χ4n) is 3.96. The van der Waals surface area contributed by atoms with E-state index in [9.17, 15) is 0 Å². The van der Waals surface area contributed by atoms with Crippen molar-refractivity contribution >= 4 is 0 Å². The molecule has 2 fully saturated rings. The van der Waals surface area contributed by atoms with Crippen LogP contribution >= 0.6 is 0 Å². The number of ether oxygens (including phenoxy) is 1. The maximum atomic E-state index is 5.85. The molecule has 5 heteroatoms. The fourth-order valence-corrected chi connectivity index (χ4v) is 3.96. The van der Waals surface area contributed by atoms with Gasteiger partial charge in [-0.3, -0.25) is 16.0 Å². The predicted molar refractivity (Wildman–Crippen MR) is 73.5 cm³/mol. The van der Waals surface area contributed by atoms with Crippen LogP contribution in [0.1, 0.15) is 50.9 Å². The standard InChI is InChI=1S/C14H24N4O/c1-8(2)18-14(11(19-3)7-16-18)13(17-15)12-9-5-4-6-10(9)12/h7-10,12-13,17H,4-6,15H2,1-3H3. The van der Waals surface area contributed by atoms with E-state index in [0.29, 0.717) is 12.0 Å². The Kier molecular flexibility index (Phi) is 3.27. The van der Waals surface area contributed by atoms with Crippen LogP contribution in [0.3, 0.4) is 0 Å². The third-order valence-corrected chi connectivity index (χ3v) is 4.84. The van der Waals surface area contributed by atoms with E-state index in [4.69, 9.17) is 10.6 Å². The van der Waals surface area contributed by atoms with Gasteiger partial charge in [-0.05, 0) is 44.4 Å². The Labute approximate surface area is 114 Å². The molecule has 3 N–H and O–H groups in total. The van der Waals surface area contributed by atoms with Crippen LogP contribution in [0.2, 0.25) is 0 Å². The second-order valence-electron chi connectivity index (χ2n) is 6.12. The number of hydrogen-bond donors (Lipinski definition) is 2. The predicted octanol–water partition coefficient (Wildman–Crippen LogP) is 2.02. The summed E-state index contributed by atoms with van der Waals surface area (Å²) in [6, 6.07) is 0.475. The smallest absolute Gasteiger partial charge is 0.161 e. The summed E-state index contributed by atoms with van der Waals surface area (Å²) in [5.74, 6) is 9.05. The van der Waals surface area contributed by atoms with Gasteiger partial charge in [-0.2, -0.15) is 5.10 Å². The van der Waals surface area contributed by atoms with Crippen LogP contribution in [0.25, 0.3) is 0 Å². The number of hydrogen-bond acceptors (Lipinski definition) is 4. The number of rotatable bonds is 5. The van der Waals surface area contributed by atoms with Gasteiger partial charge >= 0.3 is 0 Å². The highest BCUT2D eigenvalue weighted by Gasteiger charge is 2.57. The van der Waals surface area contributed by atoms with Gasteiger partial charge < -0.3 is 4.74 Å². The molecule has 106 valence electrons. The highest BCUT2D eigenvalue weighted by atomic mass is 16.5. The van der Waals surface area contributed by atoms with Crippen LogP contribution in [0.4, 0.5) is 0 Å². The molecule has 0 amide bonds. The van der Waals surface area contributed by atoms with Crippen molar-refractivity contribution in [2.75, 3.05) is 7.11 Å². The molecule has 3 atom stereocenters. The molecule has 0 aromatic carbocycles. The SMILES string of the molecule is COc1cnn(C(C)C)c1C(NN)C1C2CCCC21. The maximum Gasteiger partial charge on any atom is 0.161 e. The second kappa shape index (κ2) is 4.80. The van der Waals surface area contributed by atoms with Crippen LogP contribution < -0.4 is 16.0 Å². The van der Waals surface area contributed by atoms with Crippen molar-refractivity contribution in [3.8, 4) is 5.75 Å². The summed E-state index contributed by atoms with van der Waals surface area (Å²) in [4.78, 5) is 0. The Hall–Kier alpha value is -1.07. The third-order valence-electron chi connectivity index (χ3n) is 4.84. The van der Waals surface area contributed by atoms with Gasteiger partial charge in [0.05, 0.1) is 25.0 Å².